The molecule has 0 amide bonds. The molecule has 50 heavy (non-hydrogen) atoms. The van der Waals surface area contributed by atoms with E-state index < -0.39 is 38.7 Å². The van der Waals surface area contributed by atoms with Crippen molar-refractivity contribution < 1.29 is 43.7 Å². The van der Waals surface area contributed by atoms with Crippen LogP contribution in [0.3, 0.4) is 0 Å². The van der Waals surface area contributed by atoms with Gasteiger partial charge in [0.2, 0.25) is 6.29 Å². The van der Waals surface area contributed by atoms with Gasteiger partial charge in [0.1, 0.15) is 18.3 Å². The van der Waals surface area contributed by atoms with Crippen LogP contribution in [0.25, 0.3) is 0 Å². The zero-order valence-electron chi connectivity index (χ0n) is 31.9. The Hall–Kier alpha value is -1.91. The van der Waals surface area contributed by atoms with Crippen LogP contribution < -0.4 is 0 Å². The number of ether oxygens (including phenoxy) is 1. The number of aliphatic hydroxyl groups is 4. The van der Waals surface area contributed by atoms with Gasteiger partial charge in [-0.25, -0.2) is 4.57 Å². The molecule has 6 unspecified atom stereocenters. The van der Waals surface area contributed by atoms with Gasteiger partial charge in [-0.15, -0.1) is 0 Å². The van der Waals surface area contributed by atoms with Crippen LogP contribution in [0.4, 0.5) is 0 Å². The summed E-state index contributed by atoms with van der Waals surface area (Å²) in [5, 5.41) is 38.6. The molecule has 0 aliphatic carbocycles. The summed E-state index contributed by atoms with van der Waals surface area (Å²) in [5.41, 5.74) is 9.53. The molecule has 1 aliphatic rings. The van der Waals surface area contributed by atoms with E-state index >= 15 is 0 Å². The Morgan fingerprint density at radius 2 is 0.880 bits per heavy atom. The quantitative estimate of drug-likeness (QED) is 0.0515. The minimum absolute atomic E-state index is 0.218. The van der Waals surface area contributed by atoms with Crippen molar-refractivity contribution in [3.8, 4) is 0 Å². The maximum atomic E-state index is 12.2. The first-order chi connectivity index (χ1) is 23.5. The lowest BCUT2D eigenvalue weighted by Gasteiger charge is -2.37. The molecule has 9 nitrogen and oxygen atoms in total. The van der Waals surface area contributed by atoms with Gasteiger partial charge in [-0.3, -0.25) is 9.05 Å². The van der Waals surface area contributed by atoms with E-state index in [1.165, 1.54) is 33.4 Å². The number of aliphatic hydroxyl groups excluding tert-OH is 4. The largest absolute Gasteiger partial charge is 0.474 e. The lowest BCUT2D eigenvalue weighted by atomic mass is 10.0. The van der Waals surface area contributed by atoms with Crippen LogP contribution in [0, 0.1) is 0 Å². The van der Waals surface area contributed by atoms with Gasteiger partial charge in [-0.2, -0.15) is 0 Å². The highest BCUT2D eigenvalue weighted by Gasteiger charge is 2.46. The van der Waals surface area contributed by atoms with Gasteiger partial charge in [0, 0.05) is 0 Å². The van der Waals surface area contributed by atoms with Gasteiger partial charge in [-0.05, 0) is 132 Å². The molecule has 1 rings (SSSR count). The van der Waals surface area contributed by atoms with Gasteiger partial charge in [0.25, 0.3) is 0 Å². The monoisotopic (exact) mass is 722 g/mol. The van der Waals surface area contributed by atoms with E-state index in [0.29, 0.717) is 0 Å². The van der Waals surface area contributed by atoms with Crippen LogP contribution in [0.1, 0.15) is 132 Å². The van der Waals surface area contributed by atoms with E-state index in [2.05, 4.69) is 84.9 Å². The van der Waals surface area contributed by atoms with E-state index in [0.717, 1.165) is 82.6 Å². The zero-order chi connectivity index (χ0) is 37.7. The predicted molar refractivity (Wildman–Crippen MR) is 203 cm³/mol. The Bertz CT molecular complexity index is 1270. The van der Waals surface area contributed by atoms with Crippen molar-refractivity contribution in [2.45, 2.75) is 163 Å². The minimum atomic E-state index is -4.68. The highest BCUT2D eigenvalue weighted by Crippen LogP contribution is 2.46. The summed E-state index contributed by atoms with van der Waals surface area (Å²) in [7, 11) is -4.68. The standard InChI is InChI=1S/C40H67O9P/c1-29(2)15-9-16-30(3)17-10-18-31(4)19-11-20-32(5)21-12-22-33(6)23-13-24-34(7)25-14-26-35(8)27-28-47-50(45,46)49-40-38(43)36(41)37(42)39(44)48-40/h15,17,19,21,23,25,27,36-44H,9-14,16,18,20,22,24,26,28H2,1-8H3,(H,45,46)/b30-17-,31-19-,32-21-,33-23-,34-25-,35-27-. The maximum absolute atomic E-state index is 12.2. The van der Waals surface area contributed by atoms with Crippen LogP contribution in [-0.4, -0.2) is 62.8 Å². The molecule has 0 bridgehead atoms. The van der Waals surface area contributed by atoms with Gasteiger partial charge >= 0.3 is 7.82 Å². The first-order valence-corrected chi connectivity index (χ1v) is 19.6. The Morgan fingerprint density at radius 1 is 0.540 bits per heavy atom. The second-order valence-corrected chi connectivity index (χ2v) is 15.5. The van der Waals surface area contributed by atoms with Gasteiger partial charge < -0.3 is 30.1 Å². The number of hydrogen-bond donors (Lipinski definition) is 5. The summed E-state index contributed by atoms with van der Waals surface area (Å²) in [6.07, 6.45) is 19.0. The zero-order valence-corrected chi connectivity index (χ0v) is 32.8. The molecule has 1 saturated heterocycles. The first kappa shape index (κ1) is 46.1. The van der Waals surface area contributed by atoms with Crippen molar-refractivity contribution >= 4 is 7.82 Å². The maximum Gasteiger partial charge on any atom is 0.474 e. The number of rotatable bonds is 23. The van der Waals surface area contributed by atoms with Crippen molar-refractivity contribution in [2.75, 3.05) is 6.61 Å². The fourth-order valence-corrected chi connectivity index (χ4v) is 6.05. The highest BCUT2D eigenvalue weighted by atomic mass is 31.2. The smallest absolute Gasteiger partial charge is 0.387 e. The molecule has 0 aromatic rings. The van der Waals surface area contributed by atoms with Crippen LogP contribution in [0.15, 0.2) is 81.5 Å². The third-order valence-electron chi connectivity index (χ3n) is 8.70. The van der Waals surface area contributed by atoms with Crippen LogP contribution in [-0.2, 0) is 18.3 Å². The summed E-state index contributed by atoms with van der Waals surface area (Å²) in [6.45, 7) is 17.1. The second-order valence-electron chi connectivity index (χ2n) is 14.1. The SMILES string of the molecule is CC(C)=CCC/C(C)=C\CC/C(C)=C\CC/C(C)=C\CC/C(C)=C\CC/C(C)=C\CC/C(C)=C\COP(=O)(O)OC1OC(O)C(O)C(O)C1O. The van der Waals surface area contributed by atoms with Crippen molar-refractivity contribution in [2.24, 2.45) is 0 Å². The third-order valence-corrected chi connectivity index (χ3v) is 9.65. The van der Waals surface area contributed by atoms with Crippen molar-refractivity contribution in [1.82, 2.24) is 0 Å². The number of allylic oxidation sites excluding steroid dienone is 13. The molecule has 0 radical (unpaired) electrons. The van der Waals surface area contributed by atoms with E-state index in [4.69, 9.17) is 13.8 Å². The Labute approximate surface area is 302 Å². The van der Waals surface area contributed by atoms with Crippen molar-refractivity contribution in [1.29, 1.82) is 0 Å². The van der Waals surface area contributed by atoms with Crippen molar-refractivity contribution in [3.05, 3.63) is 81.5 Å². The Balaban J connectivity index is 2.29. The minimum Gasteiger partial charge on any atom is -0.387 e. The lowest BCUT2D eigenvalue weighted by Crippen LogP contribution is -2.57. The fraction of sp³-hybridized carbons (Fsp3) is 0.650. The average Bonchev–Trinajstić information content (AvgIpc) is 3.02. The summed E-state index contributed by atoms with van der Waals surface area (Å²) in [6, 6.07) is 0. The molecule has 286 valence electrons. The average molecular weight is 723 g/mol. The molecule has 10 heteroatoms. The number of phosphoric ester groups is 1. The molecule has 6 atom stereocenters. The van der Waals surface area contributed by atoms with Crippen LogP contribution in [0.2, 0.25) is 0 Å². The number of phosphoric acid groups is 1. The Morgan fingerprint density at radius 3 is 1.24 bits per heavy atom. The summed E-state index contributed by atoms with van der Waals surface area (Å²) in [5.74, 6) is 0. The molecular formula is C40H67O9P. The van der Waals surface area contributed by atoms with Gasteiger partial charge in [-0.1, -0.05) is 81.5 Å². The van der Waals surface area contributed by atoms with E-state index in [-0.39, 0.29) is 6.61 Å². The topological polar surface area (TPSA) is 146 Å². The molecule has 1 heterocycles. The summed E-state index contributed by atoms with van der Waals surface area (Å²) >= 11 is 0. The first-order valence-electron chi connectivity index (χ1n) is 18.1. The molecule has 5 N–H and O–H groups in total. The highest BCUT2D eigenvalue weighted by molar-refractivity contribution is 7.47. The summed E-state index contributed by atoms with van der Waals surface area (Å²) < 4.78 is 26.6. The molecule has 1 fully saturated rings. The predicted octanol–water partition coefficient (Wildman–Crippen LogP) is 9.20. The van der Waals surface area contributed by atoms with Crippen molar-refractivity contribution in [3.63, 3.8) is 0 Å². The normalized spacial score (nSPS) is 24.4. The van der Waals surface area contributed by atoms with E-state index in [1.807, 2.05) is 6.92 Å². The van der Waals surface area contributed by atoms with E-state index in [9.17, 15) is 29.9 Å². The summed E-state index contributed by atoms with van der Waals surface area (Å²) in [4.78, 5) is 9.93. The van der Waals surface area contributed by atoms with Crippen LogP contribution >= 0.6 is 7.82 Å². The second kappa shape index (κ2) is 25.1. The molecule has 1 aliphatic heterocycles. The molecular weight excluding hydrogens is 655 g/mol. The lowest BCUT2D eigenvalue weighted by molar-refractivity contribution is -0.324. The van der Waals surface area contributed by atoms with Gasteiger partial charge in [0.15, 0.2) is 6.29 Å². The molecule has 0 saturated carbocycles. The van der Waals surface area contributed by atoms with Gasteiger partial charge in [0.05, 0.1) is 6.61 Å². The molecule has 0 spiro atoms. The van der Waals surface area contributed by atoms with E-state index in [1.54, 1.807) is 6.08 Å². The fourth-order valence-electron chi connectivity index (χ4n) is 5.28. The Kier molecular flexibility index (Phi) is 23.2. The molecule has 0 aromatic carbocycles. The third kappa shape index (κ3) is 21.5. The van der Waals surface area contributed by atoms with Crippen LogP contribution in [0.5, 0.6) is 0 Å². The molecule has 0 aromatic heterocycles. The number of hydrogen-bond acceptors (Lipinski definition) is 8.